The quantitative estimate of drug-likeness (QED) is 0.830. The summed E-state index contributed by atoms with van der Waals surface area (Å²) in [7, 11) is 2.20. The van der Waals surface area contributed by atoms with Gasteiger partial charge in [0.2, 0.25) is 0 Å². The number of fused-ring (bicyclic) bond motifs is 1. The Morgan fingerprint density at radius 3 is 2.33 bits per heavy atom. The predicted molar refractivity (Wildman–Crippen MR) is 105 cm³/mol. The second kappa shape index (κ2) is 8.35. The van der Waals surface area contributed by atoms with Gasteiger partial charge in [0.25, 0.3) is 0 Å². The van der Waals surface area contributed by atoms with Crippen molar-refractivity contribution in [2.75, 3.05) is 72.7 Å². The zero-order chi connectivity index (χ0) is 18.8. The number of rotatable bonds is 5. The lowest BCUT2D eigenvalue weighted by molar-refractivity contribution is 0.116. The summed E-state index contributed by atoms with van der Waals surface area (Å²) in [4.78, 5) is 7.47. The number of likely N-dealkylation sites (tertiary alicyclic amines) is 1. The molecule has 2 saturated heterocycles. The molecule has 0 aliphatic carbocycles. The van der Waals surface area contributed by atoms with Gasteiger partial charge >= 0.3 is 0 Å². The van der Waals surface area contributed by atoms with E-state index < -0.39 is 0 Å². The minimum absolute atomic E-state index is 0.287. The molecule has 1 aromatic rings. The summed E-state index contributed by atoms with van der Waals surface area (Å²) in [6.45, 7) is 12.3. The van der Waals surface area contributed by atoms with Crippen molar-refractivity contribution < 1.29 is 14.6 Å². The molecule has 0 aromatic heterocycles. The topological polar surface area (TPSA) is 48.4 Å². The van der Waals surface area contributed by atoms with Crippen molar-refractivity contribution in [3.8, 4) is 11.5 Å². The molecule has 0 amide bonds. The molecule has 3 aliphatic heterocycles. The van der Waals surface area contributed by atoms with E-state index in [0.717, 1.165) is 63.9 Å². The molecule has 6 heteroatoms. The molecule has 3 aliphatic rings. The summed E-state index contributed by atoms with van der Waals surface area (Å²) in [6, 6.07) is 4.25. The fraction of sp³-hybridized carbons (Fsp3) is 0.714. The third-order valence-corrected chi connectivity index (χ3v) is 6.37. The second-order valence-corrected chi connectivity index (χ2v) is 8.42. The summed E-state index contributed by atoms with van der Waals surface area (Å²) < 4.78 is 11.5. The van der Waals surface area contributed by atoms with E-state index in [0.29, 0.717) is 25.0 Å². The second-order valence-electron chi connectivity index (χ2n) is 8.42. The number of aliphatic hydroxyl groups excluding tert-OH is 1. The third kappa shape index (κ3) is 4.40. The van der Waals surface area contributed by atoms with Crippen LogP contribution in [0.2, 0.25) is 0 Å². The Kier molecular flexibility index (Phi) is 5.88. The molecule has 150 valence electrons. The number of piperazine rings is 1. The number of hydrogen-bond donors (Lipinski definition) is 1. The number of aliphatic hydroxyl groups is 1. The smallest absolute Gasteiger partial charge is 0.161 e. The SMILES string of the molecule is Cc1cc2c(cc1CN1C[C@@H](CN3CCN(C)CC3)[C@@H](CO)C1)OCCO2. The fourth-order valence-electron chi connectivity index (χ4n) is 4.58. The van der Waals surface area contributed by atoms with Gasteiger partial charge in [0.1, 0.15) is 13.2 Å². The lowest BCUT2D eigenvalue weighted by atomic mass is 9.96. The van der Waals surface area contributed by atoms with Crippen molar-refractivity contribution in [1.29, 1.82) is 0 Å². The Hall–Kier alpha value is -1.34. The fourth-order valence-corrected chi connectivity index (χ4v) is 4.58. The Balaban J connectivity index is 1.38. The van der Waals surface area contributed by atoms with Gasteiger partial charge in [-0.2, -0.15) is 0 Å². The standard InChI is InChI=1S/C21H33N3O3/c1-16-9-20-21(27-8-7-26-20)10-17(16)11-24-13-18(19(14-24)15-25)12-23-5-3-22(2)4-6-23/h9-10,18-19,25H,3-8,11-15H2,1-2H3/t18-,19-/m1/s1. The van der Waals surface area contributed by atoms with Crippen molar-refractivity contribution in [3.05, 3.63) is 23.3 Å². The van der Waals surface area contributed by atoms with Crippen molar-refractivity contribution in [2.24, 2.45) is 11.8 Å². The lowest BCUT2D eigenvalue weighted by Gasteiger charge is -2.34. The minimum atomic E-state index is 0.287. The number of nitrogens with zero attached hydrogens (tertiary/aromatic N) is 3. The zero-order valence-electron chi connectivity index (χ0n) is 16.7. The van der Waals surface area contributed by atoms with Crippen LogP contribution < -0.4 is 9.47 Å². The normalized spacial score (nSPS) is 27.2. The number of aryl methyl sites for hydroxylation is 1. The van der Waals surface area contributed by atoms with Crippen LogP contribution in [-0.2, 0) is 6.54 Å². The van der Waals surface area contributed by atoms with Gasteiger partial charge in [0.05, 0.1) is 0 Å². The molecule has 6 nitrogen and oxygen atoms in total. The Morgan fingerprint density at radius 2 is 1.63 bits per heavy atom. The van der Waals surface area contributed by atoms with E-state index in [4.69, 9.17) is 9.47 Å². The summed E-state index contributed by atoms with van der Waals surface area (Å²) in [6.07, 6.45) is 0. The third-order valence-electron chi connectivity index (χ3n) is 6.37. The first-order chi connectivity index (χ1) is 13.1. The molecular weight excluding hydrogens is 342 g/mol. The molecule has 2 atom stereocenters. The molecule has 1 aromatic carbocycles. The van der Waals surface area contributed by atoms with Crippen LogP contribution in [0.15, 0.2) is 12.1 Å². The van der Waals surface area contributed by atoms with E-state index in [1.807, 2.05) is 0 Å². The maximum absolute atomic E-state index is 9.91. The molecule has 0 bridgehead atoms. The number of benzene rings is 1. The van der Waals surface area contributed by atoms with Gasteiger partial charge in [0, 0.05) is 59.0 Å². The number of hydrogen-bond acceptors (Lipinski definition) is 6. The summed E-state index contributed by atoms with van der Waals surface area (Å²) in [5, 5.41) is 9.91. The maximum Gasteiger partial charge on any atom is 0.161 e. The maximum atomic E-state index is 9.91. The summed E-state index contributed by atoms with van der Waals surface area (Å²) in [5.41, 5.74) is 2.55. The highest BCUT2D eigenvalue weighted by Crippen LogP contribution is 2.34. The van der Waals surface area contributed by atoms with E-state index in [-0.39, 0.29) is 6.61 Å². The van der Waals surface area contributed by atoms with E-state index in [1.54, 1.807) is 0 Å². The summed E-state index contributed by atoms with van der Waals surface area (Å²) >= 11 is 0. The van der Waals surface area contributed by atoms with E-state index in [1.165, 1.54) is 11.1 Å². The molecule has 3 heterocycles. The molecule has 2 fully saturated rings. The highest BCUT2D eigenvalue weighted by molar-refractivity contribution is 5.47. The van der Waals surface area contributed by atoms with Crippen molar-refractivity contribution in [3.63, 3.8) is 0 Å². The molecule has 1 N–H and O–H groups in total. The van der Waals surface area contributed by atoms with Gasteiger partial charge in [-0.05, 0) is 49.1 Å². The number of likely N-dealkylation sites (N-methyl/N-ethyl adjacent to an activating group) is 1. The highest BCUT2D eigenvalue weighted by atomic mass is 16.6. The van der Waals surface area contributed by atoms with Crippen LogP contribution in [0, 0.1) is 18.8 Å². The van der Waals surface area contributed by atoms with Crippen LogP contribution in [0.1, 0.15) is 11.1 Å². The van der Waals surface area contributed by atoms with Gasteiger partial charge < -0.3 is 24.4 Å². The van der Waals surface area contributed by atoms with Crippen molar-refractivity contribution in [2.45, 2.75) is 13.5 Å². The van der Waals surface area contributed by atoms with E-state index in [9.17, 15) is 5.11 Å². The highest BCUT2D eigenvalue weighted by Gasteiger charge is 2.34. The summed E-state index contributed by atoms with van der Waals surface area (Å²) in [5.74, 6) is 2.66. The Bertz CT molecular complexity index is 646. The van der Waals surface area contributed by atoms with Gasteiger partial charge in [-0.15, -0.1) is 0 Å². The molecule has 0 saturated carbocycles. The van der Waals surface area contributed by atoms with Gasteiger partial charge in [-0.3, -0.25) is 4.90 Å². The first-order valence-corrected chi connectivity index (χ1v) is 10.3. The van der Waals surface area contributed by atoms with Crippen LogP contribution in [0.3, 0.4) is 0 Å². The van der Waals surface area contributed by atoms with Crippen LogP contribution in [-0.4, -0.2) is 92.5 Å². The molecule has 0 unspecified atom stereocenters. The molecular formula is C21H33N3O3. The van der Waals surface area contributed by atoms with Crippen LogP contribution in [0.5, 0.6) is 11.5 Å². The Labute approximate surface area is 162 Å². The zero-order valence-corrected chi connectivity index (χ0v) is 16.7. The van der Waals surface area contributed by atoms with Crippen LogP contribution in [0.25, 0.3) is 0 Å². The van der Waals surface area contributed by atoms with Gasteiger partial charge in [-0.1, -0.05) is 0 Å². The average Bonchev–Trinajstić information content (AvgIpc) is 3.05. The lowest BCUT2D eigenvalue weighted by Crippen LogP contribution is -2.47. The Morgan fingerprint density at radius 1 is 0.963 bits per heavy atom. The first-order valence-electron chi connectivity index (χ1n) is 10.3. The van der Waals surface area contributed by atoms with Gasteiger partial charge in [-0.25, -0.2) is 0 Å². The average molecular weight is 376 g/mol. The number of ether oxygens (including phenoxy) is 2. The van der Waals surface area contributed by atoms with E-state index in [2.05, 4.69) is 40.8 Å². The molecule has 27 heavy (non-hydrogen) atoms. The monoisotopic (exact) mass is 375 g/mol. The van der Waals surface area contributed by atoms with Crippen molar-refractivity contribution in [1.82, 2.24) is 14.7 Å². The first kappa shape index (κ1) is 19.0. The van der Waals surface area contributed by atoms with E-state index >= 15 is 0 Å². The van der Waals surface area contributed by atoms with Crippen LogP contribution >= 0.6 is 0 Å². The van der Waals surface area contributed by atoms with Gasteiger partial charge in [0.15, 0.2) is 11.5 Å². The predicted octanol–water partition coefficient (Wildman–Crippen LogP) is 1.05. The molecule has 0 spiro atoms. The largest absolute Gasteiger partial charge is 0.486 e. The molecule has 4 rings (SSSR count). The van der Waals surface area contributed by atoms with Crippen LogP contribution in [0.4, 0.5) is 0 Å². The van der Waals surface area contributed by atoms with Crippen molar-refractivity contribution >= 4 is 0 Å². The molecule has 0 radical (unpaired) electrons. The minimum Gasteiger partial charge on any atom is -0.486 e.